The molecule has 3 aromatic carbocycles. The Morgan fingerprint density at radius 3 is 2.62 bits per heavy atom. The molecule has 39 heavy (non-hydrogen) atoms. The highest BCUT2D eigenvalue weighted by molar-refractivity contribution is 14.1. The van der Waals surface area contributed by atoms with Gasteiger partial charge in [-0.1, -0.05) is 35.3 Å². The van der Waals surface area contributed by atoms with Crippen molar-refractivity contribution in [1.82, 2.24) is 4.90 Å². The van der Waals surface area contributed by atoms with Crippen LogP contribution in [0.4, 0.5) is 5.69 Å². The number of ether oxygens (including phenoxy) is 2. The van der Waals surface area contributed by atoms with Crippen molar-refractivity contribution in [2.75, 3.05) is 13.2 Å². The molecule has 1 amide bonds. The van der Waals surface area contributed by atoms with E-state index in [1.807, 2.05) is 32.0 Å². The van der Waals surface area contributed by atoms with Crippen LogP contribution < -0.4 is 9.47 Å². The van der Waals surface area contributed by atoms with Crippen molar-refractivity contribution < 1.29 is 24.2 Å². The van der Waals surface area contributed by atoms with E-state index in [9.17, 15) is 14.7 Å². The lowest BCUT2D eigenvalue weighted by molar-refractivity contribution is -0.122. The van der Waals surface area contributed by atoms with Gasteiger partial charge in [-0.25, -0.2) is 9.79 Å². The molecule has 0 unspecified atom stereocenters. The molecule has 1 saturated heterocycles. The maximum atomic E-state index is 13.2. The summed E-state index contributed by atoms with van der Waals surface area (Å²) < 4.78 is 12.8. The van der Waals surface area contributed by atoms with Gasteiger partial charge in [0.15, 0.2) is 16.7 Å². The van der Waals surface area contributed by atoms with E-state index in [1.54, 1.807) is 35.2 Å². The number of carbonyl (C=O) groups is 2. The number of rotatable bonds is 9. The number of aromatic carboxylic acids is 1. The maximum absolute atomic E-state index is 13.2. The van der Waals surface area contributed by atoms with Gasteiger partial charge in [-0.05, 0) is 102 Å². The average Bonchev–Trinajstić information content (AvgIpc) is 3.18. The summed E-state index contributed by atoms with van der Waals surface area (Å²) >= 11 is 15.7. The fourth-order valence-electron chi connectivity index (χ4n) is 3.70. The summed E-state index contributed by atoms with van der Waals surface area (Å²) in [5.41, 5.74) is 2.14. The fraction of sp³-hybridized carbons (Fsp3) is 0.179. The molecule has 1 N–H and O–H groups in total. The number of thioether (sulfide) groups is 1. The molecular formula is C28H23Cl2IN2O5S. The second-order valence-corrected chi connectivity index (χ2v) is 11.2. The molecule has 3 aromatic rings. The monoisotopic (exact) mass is 696 g/mol. The highest BCUT2D eigenvalue weighted by atomic mass is 127. The van der Waals surface area contributed by atoms with Crippen molar-refractivity contribution >= 4 is 86.4 Å². The lowest BCUT2D eigenvalue weighted by Crippen LogP contribution is -2.28. The Bertz CT molecular complexity index is 1490. The Balaban J connectivity index is 1.62. The first-order valence-corrected chi connectivity index (χ1v) is 14.5. The Morgan fingerprint density at radius 2 is 1.92 bits per heavy atom. The number of carbonyl (C=O) groups excluding carboxylic acids is 1. The largest absolute Gasteiger partial charge is 0.490 e. The smallest absolute Gasteiger partial charge is 0.335 e. The van der Waals surface area contributed by atoms with Crippen LogP contribution in [-0.4, -0.2) is 40.2 Å². The predicted octanol–water partition coefficient (Wildman–Crippen LogP) is 7.90. The first-order chi connectivity index (χ1) is 18.7. The number of amidine groups is 1. The van der Waals surface area contributed by atoms with Crippen molar-refractivity contribution in [2.24, 2.45) is 4.99 Å². The second kappa shape index (κ2) is 13.1. The van der Waals surface area contributed by atoms with E-state index in [-0.39, 0.29) is 18.1 Å². The summed E-state index contributed by atoms with van der Waals surface area (Å²) in [6, 6.07) is 15.3. The van der Waals surface area contributed by atoms with Gasteiger partial charge in [0.1, 0.15) is 6.61 Å². The lowest BCUT2D eigenvalue weighted by Gasteiger charge is -2.15. The maximum Gasteiger partial charge on any atom is 0.335 e. The number of hydrogen-bond donors (Lipinski definition) is 1. The number of nitrogens with zero attached hydrogens (tertiary/aromatic N) is 2. The molecule has 202 valence electrons. The van der Waals surface area contributed by atoms with Crippen LogP contribution in [0.2, 0.25) is 10.0 Å². The molecule has 1 fully saturated rings. The van der Waals surface area contributed by atoms with Gasteiger partial charge in [0.05, 0.1) is 26.3 Å². The van der Waals surface area contributed by atoms with Crippen molar-refractivity contribution in [3.8, 4) is 11.5 Å². The van der Waals surface area contributed by atoms with E-state index in [2.05, 4.69) is 27.6 Å². The summed E-state index contributed by atoms with van der Waals surface area (Å²) in [6.45, 7) is 4.82. The molecule has 1 aliphatic rings. The summed E-state index contributed by atoms with van der Waals surface area (Å²) in [5, 5.41) is 10.8. The van der Waals surface area contributed by atoms with Crippen LogP contribution in [0.5, 0.6) is 11.5 Å². The van der Waals surface area contributed by atoms with Gasteiger partial charge in [0, 0.05) is 22.2 Å². The minimum Gasteiger partial charge on any atom is -0.490 e. The van der Waals surface area contributed by atoms with Crippen molar-refractivity contribution in [1.29, 1.82) is 0 Å². The van der Waals surface area contributed by atoms with Crippen molar-refractivity contribution in [3.05, 3.63) is 89.8 Å². The van der Waals surface area contributed by atoms with Crippen molar-refractivity contribution in [3.63, 3.8) is 0 Å². The minimum atomic E-state index is -1.04. The predicted molar refractivity (Wildman–Crippen MR) is 165 cm³/mol. The van der Waals surface area contributed by atoms with Crippen LogP contribution in [0.15, 0.2) is 64.5 Å². The normalized spacial score (nSPS) is 15.3. The summed E-state index contributed by atoms with van der Waals surface area (Å²) in [7, 11) is 0. The first kappa shape index (κ1) is 29.3. The Hall–Kier alpha value is -2.73. The Labute approximate surface area is 253 Å². The standard InChI is InChI=1S/C28H23Cl2IN2O5S/c1-3-33-26(34)24(39-28(33)32-20-7-5-6-17(13-20)27(35)36)12-16-10-22(31)25(23(11-16)37-4-2)38-15-18-8-9-19(29)14-21(18)30/h5-14H,3-4,15H2,1-2H3,(H,35,36)/b24-12+,32-28?. The quantitative estimate of drug-likeness (QED) is 0.181. The van der Waals surface area contributed by atoms with Crippen LogP contribution in [0.1, 0.15) is 35.3 Å². The van der Waals surface area contributed by atoms with E-state index >= 15 is 0 Å². The molecule has 0 atom stereocenters. The minimum absolute atomic E-state index is 0.128. The zero-order valence-electron chi connectivity index (χ0n) is 20.9. The molecule has 0 radical (unpaired) electrons. The van der Waals surface area contributed by atoms with E-state index in [0.717, 1.165) is 14.7 Å². The summed E-state index contributed by atoms with van der Waals surface area (Å²) in [5.74, 6) is -0.0971. The number of halogens is 3. The third kappa shape index (κ3) is 7.08. The van der Waals surface area contributed by atoms with Crippen LogP contribution in [-0.2, 0) is 11.4 Å². The topological polar surface area (TPSA) is 88.4 Å². The van der Waals surface area contributed by atoms with Gasteiger partial charge in [-0.3, -0.25) is 9.69 Å². The fourth-order valence-corrected chi connectivity index (χ4v) is 6.01. The molecule has 0 saturated carbocycles. The number of carboxylic acids is 1. The SMILES string of the molecule is CCOc1cc(/C=C2/SC(=Nc3cccc(C(=O)O)c3)N(CC)C2=O)cc(I)c1OCc1ccc(Cl)cc1Cl. The summed E-state index contributed by atoms with van der Waals surface area (Å²) in [6.07, 6.45) is 1.79. The third-order valence-corrected chi connectivity index (χ3v) is 7.93. The van der Waals surface area contributed by atoms with Gasteiger partial charge in [-0.15, -0.1) is 0 Å². The zero-order chi connectivity index (χ0) is 28.1. The molecule has 1 aliphatic heterocycles. The lowest BCUT2D eigenvalue weighted by atomic mass is 10.1. The molecule has 4 rings (SSSR count). The first-order valence-electron chi connectivity index (χ1n) is 11.9. The molecule has 0 aromatic heterocycles. The number of aliphatic imine (C=N–C) groups is 1. The van der Waals surface area contributed by atoms with Gasteiger partial charge >= 0.3 is 5.97 Å². The summed E-state index contributed by atoms with van der Waals surface area (Å²) in [4.78, 5) is 31.1. The number of hydrogen-bond acceptors (Lipinski definition) is 6. The molecule has 0 spiro atoms. The molecular weight excluding hydrogens is 674 g/mol. The second-order valence-electron chi connectivity index (χ2n) is 8.20. The highest BCUT2D eigenvalue weighted by Gasteiger charge is 2.32. The molecule has 7 nitrogen and oxygen atoms in total. The van der Waals surface area contributed by atoms with E-state index in [4.69, 9.17) is 32.7 Å². The van der Waals surface area contributed by atoms with Crippen LogP contribution in [0.3, 0.4) is 0 Å². The Morgan fingerprint density at radius 1 is 1.13 bits per heavy atom. The van der Waals surface area contributed by atoms with Crippen molar-refractivity contribution in [2.45, 2.75) is 20.5 Å². The van der Waals surface area contributed by atoms with E-state index in [1.165, 1.54) is 23.9 Å². The molecule has 0 bridgehead atoms. The van der Waals surface area contributed by atoms with Gasteiger partial charge in [-0.2, -0.15) is 0 Å². The third-order valence-electron chi connectivity index (χ3n) is 5.54. The van der Waals surface area contributed by atoms with Crippen LogP contribution >= 0.6 is 57.6 Å². The molecule has 11 heteroatoms. The van der Waals surface area contributed by atoms with Gasteiger partial charge in [0.2, 0.25) is 0 Å². The van der Waals surface area contributed by atoms with Crippen LogP contribution in [0.25, 0.3) is 6.08 Å². The number of benzene rings is 3. The van der Waals surface area contributed by atoms with Gasteiger partial charge < -0.3 is 14.6 Å². The number of carboxylic acid groups (broad SMARTS) is 1. The molecule has 1 heterocycles. The zero-order valence-corrected chi connectivity index (χ0v) is 25.4. The van der Waals surface area contributed by atoms with E-state index < -0.39 is 5.97 Å². The van der Waals surface area contributed by atoms with Crippen LogP contribution in [0, 0.1) is 3.57 Å². The average molecular weight is 697 g/mol. The molecule has 0 aliphatic carbocycles. The van der Waals surface area contributed by atoms with E-state index in [0.29, 0.717) is 50.5 Å². The highest BCUT2D eigenvalue weighted by Crippen LogP contribution is 2.39. The Kier molecular flexibility index (Phi) is 9.81. The number of amides is 1. The van der Waals surface area contributed by atoms with Gasteiger partial charge in [0.25, 0.3) is 5.91 Å². The number of likely N-dealkylation sites (N-methyl/N-ethyl adjacent to an activating group) is 1.